The van der Waals surface area contributed by atoms with Gasteiger partial charge in [0.25, 0.3) is 5.91 Å². The summed E-state index contributed by atoms with van der Waals surface area (Å²) in [5.41, 5.74) is 0.404. The van der Waals surface area contributed by atoms with E-state index in [0.29, 0.717) is 24.3 Å². The lowest BCUT2D eigenvalue weighted by Gasteiger charge is -2.26. The molecule has 0 radical (unpaired) electrons. The standard InChI is InChI=1S/C17H23NO6S/c1-4-23-17(20)13-5-7-15(8-6-13)24-12(2)16(19)18(3)14-9-10-25(21,22)11-14/h5-8,12,14H,4,9-11H2,1-3H3/t12-,14+/m1/s1. The molecule has 1 amide bonds. The summed E-state index contributed by atoms with van der Waals surface area (Å²) in [7, 11) is -1.46. The first-order chi connectivity index (χ1) is 11.7. The molecule has 1 fully saturated rings. The number of likely N-dealkylation sites (N-methyl/N-ethyl adjacent to an activating group) is 1. The van der Waals surface area contributed by atoms with Gasteiger partial charge >= 0.3 is 5.97 Å². The monoisotopic (exact) mass is 369 g/mol. The molecule has 1 saturated heterocycles. The van der Waals surface area contributed by atoms with Gasteiger partial charge in [-0.05, 0) is 44.5 Å². The Morgan fingerprint density at radius 1 is 1.28 bits per heavy atom. The summed E-state index contributed by atoms with van der Waals surface area (Å²) >= 11 is 0. The van der Waals surface area contributed by atoms with Crippen molar-refractivity contribution in [3.63, 3.8) is 0 Å². The molecule has 0 unspecified atom stereocenters. The van der Waals surface area contributed by atoms with E-state index < -0.39 is 21.9 Å². The van der Waals surface area contributed by atoms with Crippen LogP contribution in [0.3, 0.4) is 0 Å². The Labute approximate surface area is 147 Å². The van der Waals surface area contributed by atoms with Crippen LogP contribution in [0.2, 0.25) is 0 Å². The first-order valence-electron chi connectivity index (χ1n) is 8.14. The molecule has 2 rings (SSSR count). The van der Waals surface area contributed by atoms with Gasteiger partial charge in [-0.1, -0.05) is 0 Å². The summed E-state index contributed by atoms with van der Waals surface area (Å²) in [5, 5.41) is 0. The molecule has 0 N–H and O–H groups in total. The zero-order valence-corrected chi connectivity index (χ0v) is 15.4. The maximum absolute atomic E-state index is 12.4. The second-order valence-electron chi connectivity index (χ2n) is 6.01. The highest BCUT2D eigenvalue weighted by Gasteiger charge is 2.34. The van der Waals surface area contributed by atoms with Crippen molar-refractivity contribution in [3.05, 3.63) is 29.8 Å². The molecule has 1 aliphatic heterocycles. The zero-order valence-electron chi connectivity index (χ0n) is 14.6. The molecule has 0 bridgehead atoms. The van der Waals surface area contributed by atoms with Gasteiger partial charge in [-0.25, -0.2) is 13.2 Å². The molecule has 8 heteroatoms. The zero-order chi connectivity index (χ0) is 18.6. The van der Waals surface area contributed by atoms with Crippen LogP contribution < -0.4 is 4.74 Å². The topological polar surface area (TPSA) is 90.0 Å². The lowest BCUT2D eigenvalue weighted by Crippen LogP contribution is -2.44. The van der Waals surface area contributed by atoms with E-state index in [1.165, 1.54) is 4.90 Å². The van der Waals surface area contributed by atoms with Crippen molar-refractivity contribution in [1.82, 2.24) is 4.90 Å². The second-order valence-corrected chi connectivity index (χ2v) is 8.24. The third-order valence-corrected chi connectivity index (χ3v) is 5.88. The van der Waals surface area contributed by atoms with Crippen LogP contribution >= 0.6 is 0 Å². The lowest BCUT2D eigenvalue weighted by atomic mass is 10.2. The van der Waals surface area contributed by atoms with E-state index in [4.69, 9.17) is 9.47 Å². The first kappa shape index (κ1) is 19.2. The van der Waals surface area contributed by atoms with Crippen LogP contribution in [-0.2, 0) is 19.4 Å². The Morgan fingerprint density at radius 2 is 1.92 bits per heavy atom. The number of hydrogen-bond acceptors (Lipinski definition) is 6. The Bertz CT molecular complexity index is 728. The largest absolute Gasteiger partial charge is 0.481 e. The molecule has 2 atom stereocenters. The molecule has 0 aromatic heterocycles. The smallest absolute Gasteiger partial charge is 0.338 e. The van der Waals surface area contributed by atoms with E-state index in [1.807, 2.05) is 0 Å². The molecule has 0 spiro atoms. The van der Waals surface area contributed by atoms with Crippen LogP contribution in [0.5, 0.6) is 5.75 Å². The Kier molecular flexibility index (Phi) is 6.05. The summed E-state index contributed by atoms with van der Waals surface area (Å²) in [4.78, 5) is 25.5. The quantitative estimate of drug-likeness (QED) is 0.702. The van der Waals surface area contributed by atoms with Crippen LogP contribution in [0.4, 0.5) is 0 Å². The highest BCUT2D eigenvalue weighted by atomic mass is 32.2. The van der Waals surface area contributed by atoms with Gasteiger partial charge in [-0.15, -0.1) is 0 Å². The summed E-state index contributed by atoms with van der Waals surface area (Å²) in [6.07, 6.45) is -0.312. The summed E-state index contributed by atoms with van der Waals surface area (Å²) in [6, 6.07) is 6.01. The molecule has 0 saturated carbocycles. The van der Waals surface area contributed by atoms with E-state index in [0.717, 1.165) is 0 Å². The fourth-order valence-electron chi connectivity index (χ4n) is 2.69. The minimum atomic E-state index is -3.05. The third-order valence-electron chi connectivity index (χ3n) is 4.13. The average Bonchev–Trinajstić information content (AvgIpc) is 2.94. The second kappa shape index (κ2) is 7.86. The first-order valence-corrected chi connectivity index (χ1v) is 9.96. The molecule has 25 heavy (non-hydrogen) atoms. The molecule has 1 aromatic carbocycles. The highest BCUT2D eigenvalue weighted by molar-refractivity contribution is 7.91. The molecule has 138 valence electrons. The number of carbonyl (C=O) groups is 2. The maximum atomic E-state index is 12.4. The normalized spacial score (nSPS) is 19.9. The minimum Gasteiger partial charge on any atom is -0.481 e. The molecule has 7 nitrogen and oxygen atoms in total. The van der Waals surface area contributed by atoms with Gasteiger partial charge in [0.2, 0.25) is 0 Å². The van der Waals surface area contributed by atoms with E-state index >= 15 is 0 Å². The van der Waals surface area contributed by atoms with Gasteiger partial charge in [-0.2, -0.15) is 0 Å². The molecule has 0 aliphatic carbocycles. The number of carbonyl (C=O) groups excluding carboxylic acids is 2. The minimum absolute atomic E-state index is 0.00377. The summed E-state index contributed by atoms with van der Waals surface area (Å²) in [6.45, 7) is 3.64. The third kappa shape index (κ3) is 4.94. The predicted molar refractivity (Wildman–Crippen MR) is 92.3 cm³/mol. The fourth-order valence-corrected chi connectivity index (χ4v) is 4.46. The van der Waals surface area contributed by atoms with Crippen molar-refractivity contribution in [3.8, 4) is 5.75 Å². The van der Waals surface area contributed by atoms with Gasteiger partial charge in [0.1, 0.15) is 5.75 Å². The Hall–Kier alpha value is -2.09. The molecule has 1 heterocycles. The van der Waals surface area contributed by atoms with Crippen LogP contribution in [-0.4, -0.2) is 62.5 Å². The Balaban J connectivity index is 1.95. The van der Waals surface area contributed by atoms with Crippen molar-refractivity contribution >= 4 is 21.7 Å². The number of esters is 1. The Morgan fingerprint density at radius 3 is 2.44 bits per heavy atom. The molecular weight excluding hydrogens is 346 g/mol. The number of hydrogen-bond donors (Lipinski definition) is 0. The fraction of sp³-hybridized carbons (Fsp3) is 0.529. The van der Waals surface area contributed by atoms with Gasteiger partial charge < -0.3 is 14.4 Å². The van der Waals surface area contributed by atoms with Crippen molar-refractivity contribution in [1.29, 1.82) is 0 Å². The van der Waals surface area contributed by atoms with Crippen LogP contribution in [0.25, 0.3) is 0 Å². The number of ether oxygens (including phenoxy) is 2. The highest BCUT2D eigenvalue weighted by Crippen LogP contribution is 2.19. The van der Waals surface area contributed by atoms with Crippen molar-refractivity contribution in [2.45, 2.75) is 32.4 Å². The SMILES string of the molecule is CCOC(=O)c1ccc(O[C@H](C)C(=O)N(C)[C@H]2CCS(=O)(=O)C2)cc1. The van der Waals surface area contributed by atoms with Crippen molar-refractivity contribution < 1.29 is 27.5 Å². The predicted octanol–water partition coefficient (Wildman–Crippen LogP) is 1.28. The van der Waals surface area contributed by atoms with Crippen molar-refractivity contribution in [2.75, 3.05) is 25.2 Å². The van der Waals surface area contributed by atoms with Crippen LogP contribution in [0, 0.1) is 0 Å². The van der Waals surface area contributed by atoms with Gasteiger partial charge in [0, 0.05) is 13.1 Å². The maximum Gasteiger partial charge on any atom is 0.338 e. The number of amides is 1. The molecule has 1 aliphatic rings. The molecular formula is C17H23NO6S. The number of sulfone groups is 1. The van der Waals surface area contributed by atoms with E-state index in [2.05, 4.69) is 0 Å². The number of benzene rings is 1. The molecule has 1 aromatic rings. The van der Waals surface area contributed by atoms with Crippen LogP contribution in [0.15, 0.2) is 24.3 Å². The summed E-state index contributed by atoms with van der Waals surface area (Å²) in [5.74, 6) is -0.144. The van der Waals surface area contributed by atoms with E-state index in [-0.39, 0.29) is 23.5 Å². The number of rotatable bonds is 6. The average molecular weight is 369 g/mol. The van der Waals surface area contributed by atoms with Crippen molar-refractivity contribution in [2.24, 2.45) is 0 Å². The van der Waals surface area contributed by atoms with E-state index in [1.54, 1.807) is 45.2 Å². The van der Waals surface area contributed by atoms with Gasteiger partial charge in [-0.3, -0.25) is 4.79 Å². The summed E-state index contributed by atoms with van der Waals surface area (Å²) < 4.78 is 33.6. The lowest BCUT2D eigenvalue weighted by molar-refractivity contribution is -0.138. The number of nitrogens with zero attached hydrogens (tertiary/aromatic N) is 1. The van der Waals surface area contributed by atoms with Gasteiger partial charge in [0.05, 0.1) is 23.7 Å². The van der Waals surface area contributed by atoms with Gasteiger partial charge in [0.15, 0.2) is 15.9 Å². The van der Waals surface area contributed by atoms with E-state index in [9.17, 15) is 18.0 Å². The van der Waals surface area contributed by atoms with Crippen LogP contribution in [0.1, 0.15) is 30.6 Å².